The van der Waals surface area contributed by atoms with E-state index in [2.05, 4.69) is 0 Å². The van der Waals surface area contributed by atoms with Crippen LogP contribution in [0.2, 0.25) is 0 Å². The maximum Gasteiger partial charge on any atom is 0.305 e. The molecule has 0 amide bonds. The van der Waals surface area contributed by atoms with E-state index in [4.69, 9.17) is 5.11 Å². The smallest absolute Gasteiger partial charge is 0.305 e. The van der Waals surface area contributed by atoms with Crippen LogP contribution >= 0.6 is 0 Å². The van der Waals surface area contributed by atoms with Gasteiger partial charge in [-0.05, 0) is 17.7 Å². The minimum Gasteiger partial charge on any atom is -0.508 e. The third-order valence-corrected chi connectivity index (χ3v) is 2.35. The van der Waals surface area contributed by atoms with Gasteiger partial charge in [0.05, 0.1) is 6.10 Å². The molecule has 1 atom stereocenters. The monoisotopic (exact) mass is 220 g/mol. The highest BCUT2D eigenvalue weighted by Gasteiger charge is 2.17. The van der Waals surface area contributed by atoms with Crippen LogP contribution in [0.3, 0.4) is 0 Å². The summed E-state index contributed by atoms with van der Waals surface area (Å²) in [5, 5.41) is 18.1. The van der Waals surface area contributed by atoms with Crippen LogP contribution in [0.15, 0.2) is 24.3 Å². The number of benzene rings is 1. The predicted octanol–water partition coefficient (Wildman–Crippen LogP) is 0.725. The molecular weight excluding hydrogens is 211 g/mol. The molecule has 1 aromatic carbocycles. The molecule has 1 rings (SSSR count). The fourth-order valence-corrected chi connectivity index (χ4v) is 1.55. The molecule has 0 radical (unpaired) electrons. The summed E-state index contributed by atoms with van der Waals surface area (Å²) in [4.78, 5) is 0. The molecule has 0 saturated heterocycles. The zero-order valence-corrected chi connectivity index (χ0v) is 7.91. The lowest BCUT2D eigenvalue weighted by molar-refractivity contribution is 0.200. The van der Waals surface area contributed by atoms with E-state index in [0.29, 0.717) is 0 Å². The highest BCUT2D eigenvalue weighted by molar-refractivity contribution is 7.86. The molecule has 4 nitrogen and oxygen atoms in total. The molecule has 14 heavy (non-hydrogen) atoms. The van der Waals surface area contributed by atoms with Crippen LogP contribution in [0.1, 0.15) is 11.7 Å². The van der Waals surface area contributed by atoms with Gasteiger partial charge < -0.3 is 10.2 Å². The van der Waals surface area contributed by atoms with Gasteiger partial charge in [-0.3, -0.25) is 0 Å². The van der Waals surface area contributed by atoms with Gasteiger partial charge in [-0.2, -0.15) is 8.42 Å². The lowest BCUT2D eigenvalue weighted by atomic mass is 10.1. The highest BCUT2D eigenvalue weighted by Crippen LogP contribution is 2.18. The Labute approximate surface area is 80.8 Å². The fraction of sp³-hybridized carbons (Fsp3) is 0.250. The van der Waals surface area contributed by atoms with Gasteiger partial charge in [-0.15, -0.1) is 3.89 Å². The molecule has 2 N–H and O–H groups in total. The summed E-state index contributed by atoms with van der Waals surface area (Å²) in [6.45, 7) is 0. The number of aliphatic hydroxyl groups excluding tert-OH is 1. The van der Waals surface area contributed by atoms with Gasteiger partial charge in [0.2, 0.25) is 0 Å². The fourth-order valence-electron chi connectivity index (χ4n) is 0.981. The first-order chi connectivity index (χ1) is 6.38. The molecule has 0 fully saturated rings. The Kier molecular flexibility index (Phi) is 3.07. The minimum atomic E-state index is -4.69. The molecule has 1 unspecified atom stereocenters. The van der Waals surface area contributed by atoms with Gasteiger partial charge in [0.15, 0.2) is 0 Å². The van der Waals surface area contributed by atoms with Crippen molar-refractivity contribution >= 4 is 10.2 Å². The van der Waals surface area contributed by atoms with Crippen molar-refractivity contribution in [1.82, 2.24) is 0 Å². The van der Waals surface area contributed by atoms with E-state index in [1.807, 2.05) is 0 Å². The van der Waals surface area contributed by atoms with Gasteiger partial charge in [0, 0.05) is 0 Å². The quantitative estimate of drug-likeness (QED) is 0.736. The zero-order valence-electron chi connectivity index (χ0n) is 7.09. The Hall–Kier alpha value is -1.14. The van der Waals surface area contributed by atoms with E-state index >= 15 is 0 Å². The average molecular weight is 220 g/mol. The summed E-state index contributed by atoms with van der Waals surface area (Å²) in [7, 11) is -4.69. The number of hydrogen-bond donors (Lipinski definition) is 2. The second-order valence-corrected chi connectivity index (χ2v) is 4.22. The van der Waals surface area contributed by atoms with Crippen molar-refractivity contribution in [2.75, 3.05) is 5.75 Å². The van der Waals surface area contributed by atoms with Crippen LogP contribution < -0.4 is 0 Å². The lowest BCUT2D eigenvalue weighted by Gasteiger charge is -2.07. The van der Waals surface area contributed by atoms with Crippen molar-refractivity contribution in [1.29, 1.82) is 0 Å². The molecule has 0 aliphatic rings. The first-order valence-corrected chi connectivity index (χ1v) is 5.33. The minimum absolute atomic E-state index is 0.0101. The van der Waals surface area contributed by atoms with Gasteiger partial charge in [0.1, 0.15) is 11.5 Å². The van der Waals surface area contributed by atoms with E-state index in [-0.39, 0.29) is 11.3 Å². The van der Waals surface area contributed by atoms with E-state index in [0.717, 1.165) is 0 Å². The third-order valence-electron chi connectivity index (χ3n) is 1.63. The number of phenols is 1. The summed E-state index contributed by atoms with van der Waals surface area (Å²) in [6.07, 6.45) is -1.41. The highest BCUT2D eigenvalue weighted by atomic mass is 32.3. The van der Waals surface area contributed by atoms with Gasteiger partial charge >= 0.3 is 10.2 Å². The van der Waals surface area contributed by atoms with Crippen molar-refractivity contribution < 1.29 is 22.5 Å². The first-order valence-electron chi connectivity index (χ1n) is 3.78. The third kappa shape index (κ3) is 3.31. The maximum absolute atomic E-state index is 12.2. The summed E-state index contributed by atoms with van der Waals surface area (Å²) < 4.78 is 32.6. The van der Waals surface area contributed by atoms with Crippen molar-refractivity contribution in [3.05, 3.63) is 29.8 Å². The maximum atomic E-state index is 12.2. The second kappa shape index (κ2) is 3.93. The summed E-state index contributed by atoms with van der Waals surface area (Å²) in [5.41, 5.74) is 0.240. The Morgan fingerprint density at radius 3 is 2.21 bits per heavy atom. The van der Waals surface area contributed by atoms with Crippen molar-refractivity contribution in [2.24, 2.45) is 0 Å². The van der Waals surface area contributed by atoms with Crippen LogP contribution in [0.5, 0.6) is 5.75 Å². The zero-order chi connectivity index (χ0) is 10.8. The SMILES string of the molecule is O=S(=O)(F)CC(O)c1ccc(O)cc1. The molecule has 0 aliphatic carbocycles. The van der Waals surface area contributed by atoms with Crippen LogP contribution in [0, 0.1) is 0 Å². The number of halogens is 1. The lowest BCUT2D eigenvalue weighted by Crippen LogP contribution is -2.09. The van der Waals surface area contributed by atoms with Crippen LogP contribution in [-0.4, -0.2) is 24.4 Å². The van der Waals surface area contributed by atoms with Gasteiger partial charge in [-0.25, -0.2) is 0 Å². The molecule has 0 bridgehead atoms. The van der Waals surface area contributed by atoms with Gasteiger partial charge in [-0.1, -0.05) is 12.1 Å². The Morgan fingerprint density at radius 2 is 1.79 bits per heavy atom. The van der Waals surface area contributed by atoms with Crippen LogP contribution in [0.25, 0.3) is 0 Å². The first kappa shape index (κ1) is 10.9. The Bertz CT molecular complexity index is 398. The van der Waals surface area contributed by atoms with Gasteiger partial charge in [0.25, 0.3) is 0 Å². The van der Waals surface area contributed by atoms with Crippen LogP contribution in [-0.2, 0) is 10.2 Å². The predicted molar refractivity (Wildman–Crippen MR) is 48.0 cm³/mol. The molecule has 0 saturated carbocycles. The summed E-state index contributed by atoms with van der Waals surface area (Å²) in [5.74, 6) is -0.985. The largest absolute Gasteiger partial charge is 0.508 e. The molecule has 0 spiro atoms. The number of hydrogen-bond acceptors (Lipinski definition) is 4. The van der Waals surface area contributed by atoms with E-state index in [1.165, 1.54) is 24.3 Å². The van der Waals surface area contributed by atoms with Crippen molar-refractivity contribution in [3.8, 4) is 5.75 Å². The molecule has 0 heterocycles. The molecule has 0 aliphatic heterocycles. The number of phenolic OH excluding ortho intramolecular Hbond substituents is 1. The van der Waals surface area contributed by atoms with Crippen LogP contribution in [0.4, 0.5) is 3.89 Å². The Balaban J connectivity index is 2.80. The molecule has 0 aromatic heterocycles. The van der Waals surface area contributed by atoms with E-state index < -0.39 is 22.1 Å². The summed E-state index contributed by atoms with van der Waals surface area (Å²) >= 11 is 0. The second-order valence-electron chi connectivity index (χ2n) is 2.81. The molecule has 6 heteroatoms. The standard InChI is InChI=1S/C8H9FO4S/c9-14(12,13)5-8(11)6-1-3-7(10)4-2-6/h1-4,8,10-11H,5H2. The normalized spacial score (nSPS) is 13.9. The number of aromatic hydroxyl groups is 1. The molecular formula is C8H9FO4S. The van der Waals surface area contributed by atoms with Crippen molar-refractivity contribution in [3.63, 3.8) is 0 Å². The van der Waals surface area contributed by atoms with E-state index in [9.17, 15) is 17.4 Å². The molecule has 78 valence electrons. The average Bonchev–Trinajstić information content (AvgIpc) is 2.02. The topological polar surface area (TPSA) is 74.6 Å². The van der Waals surface area contributed by atoms with E-state index in [1.54, 1.807) is 0 Å². The summed E-state index contributed by atoms with van der Waals surface area (Å²) in [6, 6.07) is 5.21. The van der Waals surface area contributed by atoms with Crippen molar-refractivity contribution in [2.45, 2.75) is 6.10 Å². The number of aliphatic hydroxyl groups is 1. The molecule has 1 aromatic rings. The number of rotatable bonds is 3. The Morgan fingerprint density at radius 1 is 1.29 bits per heavy atom.